The number of hydrogen-bond donors (Lipinski definition) is 0. The zero-order valence-electron chi connectivity index (χ0n) is 12.9. The molecule has 0 saturated carbocycles. The highest BCUT2D eigenvalue weighted by atomic mass is 32.1. The van der Waals surface area contributed by atoms with Crippen molar-refractivity contribution in [1.29, 1.82) is 0 Å². The minimum Gasteiger partial charge on any atom is -0.370 e. The Bertz CT molecular complexity index is 640. The lowest BCUT2D eigenvalue weighted by molar-refractivity contribution is 0.112. The van der Waals surface area contributed by atoms with Gasteiger partial charge in [0.2, 0.25) is 0 Å². The number of nitrogens with zero attached hydrogens (tertiary/aromatic N) is 3. The van der Waals surface area contributed by atoms with Gasteiger partial charge in [-0.05, 0) is 25.5 Å². The average molecular weight is 315 g/mol. The number of aryl methyl sites for hydroxylation is 1. The van der Waals surface area contributed by atoms with Crippen molar-refractivity contribution in [2.24, 2.45) is 0 Å². The molecule has 5 heteroatoms. The second kappa shape index (κ2) is 7.03. The van der Waals surface area contributed by atoms with Crippen molar-refractivity contribution in [2.45, 2.75) is 19.9 Å². The zero-order chi connectivity index (χ0) is 15.4. The summed E-state index contributed by atoms with van der Waals surface area (Å²) in [5.74, 6) is 0. The summed E-state index contributed by atoms with van der Waals surface area (Å²) in [5, 5.41) is 3.28. The molecule has 1 aromatic heterocycles. The molecule has 0 N–H and O–H groups in total. The number of aldehydes is 1. The van der Waals surface area contributed by atoms with Gasteiger partial charge in [-0.25, -0.2) is 4.98 Å². The monoisotopic (exact) mass is 315 g/mol. The third-order valence-corrected chi connectivity index (χ3v) is 4.87. The smallest absolute Gasteiger partial charge is 0.152 e. The first-order chi connectivity index (χ1) is 10.8. The molecule has 22 heavy (non-hydrogen) atoms. The Morgan fingerprint density at radius 1 is 1.23 bits per heavy atom. The van der Waals surface area contributed by atoms with Gasteiger partial charge in [-0.3, -0.25) is 9.69 Å². The molecular weight excluding hydrogens is 294 g/mol. The molecule has 1 aliphatic rings. The molecule has 2 heterocycles. The number of anilines is 1. The van der Waals surface area contributed by atoms with E-state index in [-0.39, 0.29) is 0 Å². The van der Waals surface area contributed by atoms with E-state index in [4.69, 9.17) is 0 Å². The van der Waals surface area contributed by atoms with Crippen molar-refractivity contribution in [2.75, 3.05) is 31.1 Å². The fourth-order valence-electron chi connectivity index (χ4n) is 2.96. The largest absolute Gasteiger partial charge is 0.370 e. The van der Waals surface area contributed by atoms with E-state index in [1.54, 1.807) is 11.3 Å². The first kappa shape index (κ1) is 15.2. The molecule has 1 aromatic carbocycles. The van der Waals surface area contributed by atoms with Gasteiger partial charge in [-0.1, -0.05) is 12.1 Å². The van der Waals surface area contributed by atoms with Gasteiger partial charge in [0, 0.05) is 49.4 Å². The molecule has 116 valence electrons. The van der Waals surface area contributed by atoms with Crippen LogP contribution in [0.4, 0.5) is 5.69 Å². The van der Waals surface area contributed by atoms with E-state index in [1.165, 1.54) is 5.69 Å². The topological polar surface area (TPSA) is 36.4 Å². The minimum atomic E-state index is 0.783. The molecule has 1 fully saturated rings. The van der Waals surface area contributed by atoms with E-state index in [9.17, 15) is 4.79 Å². The average Bonchev–Trinajstić information content (AvgIpc) is 2.81. The van der Waals surface area contributed by atoms with Crippen molar-refractivity contribution in [3.63, 3.8) is 0 Å². The first-order valence-corrected chi connectivity index (χ1v) is 8.57. The molecule has 0 spiro atoms. The van der Waals surface area contributed by atoms with Gasteiger partial charge < -0.3 is 4.90 Å². The Hall–Kier alpha value is -1.72. The summed E-state index contributed by atoms with van der Waals surface area (Å²) in [4.78, 5) is 20.6. The molecule has 2 aromatic rings. The number of hydrogen-bond acceptors (Lipinski definition) is 5. The van der Waals surface area contributed by atoms with Crippen molar-refractivity contribution in [3.8, 4) is 0 Å². The highest BCUT2D eigenvalue weighted by Crippen LogP contribution is 2.21. The first-order valence-electron chi connectivity index (χ1n) is 7.69. The van der Waals surface area contributed by atoms with Gasteiger partial charge in [0.1, 0.15) is 0 Å². The lowest BCUT2D eigenvalue weighted by Gasteiger charge is -2.24. The highest BCUT2D eigenvalue weighted by molar-refractivity contribution is 7.09. The maximum Gasteiger partial charge on any atom is 0.152 e. The van der Waals surface area contributed by atoms with E-state index in [2.05, 4.69) is 27.1 Å². The molecule has 0 bridgehead atoms. The van der Waals surface area contributed by atoms with Crippen LogP contribution < -0.4 is 4.90 Å². The lowest BCUT2D eigenvalue weighted by atomic mass is 10.1. The van der Waals surface area contributed by atoms with Crippen LogP contribution in [0.5, 0.6) is 0 Å². The summed E-state index contributed by atoms with van der Waals surface area (Å²) >= 11 is 1.71. The second-order valence-corrected chi connectivity index (χ2v) is 6.71. The zero-order valence-corrected chi connectivity index (χ0v) is 13.7. The van der Waals surface area contributed by atoms with Gasteiger partial charge in [0.15, 0.2) is 6.29 Å². The van der Waals surface area contributed by atoms with Gasteiger partial charge in [0.25, 0.3) is 0 Å². The number of rotatable bonds is 4. The summed E-state index contributed by atoms with van der Waals surface area (Å²) in [5.41, 5.74) is 3.01. The van der Waals surface area contributed by atoms with Gasteiger partial charge in [0.05, 0.1) is 10.7 Å². The van der Waals surface area contributed by atoms with Crippen LogP contribution in [0.3, 0.4) is 0 Å². The molecule has 0 amide bonds. The molecule has 1 aliphatic heterocycles. The summed E-state index contributed by atoms with van der Waals surface area (Å²) in [6.45, 7) is 7.01. The number of para-hydroxylation sites is 1. The van der Waals surface area contributed by atoms with Gasteiger partial charge in [-0.15, -0.1) is 11.3 Å². The van der Waals surface area contributed by atoms with Crippen LogP contribution in [0.15, 0.2) is 29.6 Å². The van der Waals surface area contributed by atoms with Crippen molar-refractivity contribution in [3.05, 3.63) is 45.9 Å². The summed E-state index contributed by atoms with van der Waals surface area (Å²) in [6, 6.07) is 7.86. The van der Waals surface area contributed by atoms with Gasteiger partial charge >= 0.3 is 0 Å². The molecule has 0 unspecified atom stereocenters. The molecule has 0 atom stereocenters. The maximum atomic E-state index is 11.2. The van der Waals surface area contributed by atoms with Crippen molar-refractivity contribution < 1.29 is 4.79 Å². The second-order valence-electron chi connectivity index (χ2n) is 5.65. The lowest BCUT2D eigenvalue weighted by Crippen LogP contribution is -2.31. The van der Waals surface area contributed by atoms with Crippen LogP contribution in [0.25, 0.3) is 0 Å². The summed E-state index contributed by atoms with van der Waals surface area (Å²) in [7, 11) is 0. The number of carbonyl (C=O) groups excluding carboxylic acids is 1. The van der Waals surface area contributed by atoms with E-state index in [1.807, 2.05) is 24.3 Å². The fourth-order valence-corrected chi connectivity index (χ4v) is 3.56. The molecule has 3 rings (SSSR count). The van der Waals surface area contributed by atoms with E-state index in [0.717, 1.165) is 61.7 Å². The van der Waals surface area contributed by atoms with E-state index < -0.39 is 0 Å². The third kappa shape index (κ3) is 3.54. The van der Waals surface area contributed by atoms with Crippen molar-refractivity contribution >= 4 is 23.3 Å². The molecular formula is C17H21N3OS. The molecule has 1 saturated heterocycles. The van der Waals surface area contributed by atoms with E-state index >= 15 is 0 Å². The molecule has 0 aliphatic carbocycles. The predicted molar refractivity (Wildman–Crippen MR) is 90.8 cm³/mol. The Morgan fingerprint density at radius 2 is 2.09 bits per heavy atom. The Kier molecular flexibility index (Phi) is 4.85. The standard InChI is InChI=1S/C17H21N3OS/c1-14-18-16(13-22-14)11-19-7-4-8-20(10-9-19)17-6-3-2-5-15(17)12-21/h2-3,5-6,12-13H,4,7-11H2,1H3. The minimum absolute atomic E-state index is 0.783. The normalized spacial score (nSPS) is 16.5. The highest BCUT2D eigenvalue weighted by Gasteiger charge is 2.17. The molecule has 0 radical (unpaired) electrons. The summed E-state index contributed by atoms with van der Waals surface area (Å²) < 4.78 is 0. The molecule has 4 nitrogen and oxygen atoms in total. The van der Waals surface area contributed by atoms with E-state index in [0.29, 0.717) is 0 Å². The predicted octanol–water partition coefficient (Wildman–Crippen LogP) is 2.98. The van der Waals surface area contributed by atoms with Crippen LogP contribution in [-0.2, 0) is 6.54 Å². The van der Waals surface area contributed by atoms with Crippen LogP contribution in [0.1, 0.15) is 27.5 Å². The number of aromatic nitrogens is 1. The van der Waals surface area contributed by atoms with Crippen molar-refractivity contribution in [1.82, 2.24) is 9.88 Å². The van der Waals surface area contributed by atoms with Crippen LogP contribution in [0, 0.1) is 6.92 Å². The summed E-state index contributed by atoms with van der Waals surface area (Å²) in [6.07, 6.45) is 2.06. The van der Waals surface area contributed by atoms with Crippen LogP contribution in [-0.4, -0.2) is 42.3 Å². The van der Waals surface area contributed by atoms with Crippen LogP contribution >= 0.6 is 11.3 Å². The van der Waals surface area contributed by atoms with Gasteiger partial charge in [-0.2, -0.15) is 0 Å². The Balaban J connectivity index is 1.65. The SMILES string of the molecule is Cc1nc(CN2CCCN(c3ccccc3C=O)CC2)cs1. The number of benzene rings is 1. The maximum absolute atomic E-state index is 11.2. The number of thiazole rings is 1. The number of carbonyl (C=O) groups is 1. The Morgan fingerprint density at radius 3 is 2.86 bits per heavy atom. The van der Waals surface area contributed by atoms with Crippen LogP contribution in [0.2, 0.25) is 0 Å². The Labute approximate surface area is 135 Å². The third-order valence-electron chi connectivity index (χ3n) is 4.05. The fraction of sp³-hybridized carbons (Fsp3) is 0.412. The quantitative estimate of drug-likeness (QED) is 0.813.